The molecule has 0 unspecified atom stereocenters. The van der Waals surface area contributed by atoms with Gasteiger partial charge in [0, 0.05) is 5.38 Å². The van der Waals surface area contributed by atoms with E-state index in [0.717, 1.165) is 5.56 Å². The summed E-state index contributed by atoms with van der Waals surface area (Å²) < 4.78 is 15.3. The maximum atomic E-state index is 11.5. The largest absolute Gasteiger partial charge is 0.493 e. The average molecular weight is 335 g/mol. The molecule has 23 heavy (non-hydrogen) atoms. The van der Waals surface area contributed by atoms with E-state index in [1.807, 2.05) is 6.07 Å². The average Bonchev–Trinajstić information content (AvgIpc) is 3.04. The van der Waals surface area contributed by atoms with Gasteiger partial charge in [0.1, 0.15) is 0 Å². The number of thiazole rings is 1. The number of anilines is 1. The molecular formula is C15H17N3O4S. The normalized spacial score (nSPS) is 10.6. The number of nitrogens with zero attached hydrogens (tertiary/aromatic N) is 2. The Kier molecular flexibility index (Phi) is 5.93. The molecule has 0 spiro atoms. The van der Waals surface area contributed by atoms with E-state index < -0.39 is 5.97 Å². The van der Waals surface area contributed by atoms with E-state index in [4.69, 9.17) is 14.2 Å². The third-order valence-electron chi connectivity index (χ3n) is 2.77. The zero-order valence-corrected chi connectivity index (χ0v) is 13.8. The van der Waals surface area contributed by atoms with Crippen molar-refractivity contribution in [3.05, 3.63) is 34.8 Å². The zero-order valence-electron chi connectivity index (χ0n) is 13.0. The van der Waals surface area contributed by atoms with Gasteiger partial charge in [-0.15, -0.1) is 11.3 Å². The molecule has 0 aliphatic carbocycles. The summed E-state index contributed by atoms with van der Waals surface area (Å²) in [4.78, 5) is 15.6. The van der Waals surface area contributed by atoms with Crippen LogP contribution in [0, 0.1) is 0 Å². The lowest BCUT2D eigenvalue weighted by Crippen LogP contribution is -2.04. The van der Waals surface area contributed by atoms with Gasteiger partial charge in [-0.05, 0) is 30.7 Å². The van der Waals surface area contributed by atoms with Gasteiger partial charge in [0.25, 0.3) is 0 Å². The molecule has 0 saturated heterocycles. The monoisotopic (exact) mass is 335 g/mol. The second kappa shape index (κ2) is 8.14. The van der Waals surface area contributed by atoms with Crippen LogP contribution in [0.25, 0.3) is 0 Å². The van der Waals surface area contributed by atoms with E-state index in [1.54, 1.807) is 44.9 Å². The second-order valence-corrected chi connectivity index (χ2v) is 5.10. The summed E-state index contributed by atoms with van der Waals surface area (Å²) in [5.41, 5.74) is 3.87. The number of ether oxygens (including phenoxy) is 3. The lowest BCUT2D eigenvalue weighted by atomic mass is 10.2. The molecule has 0 bridgehead atoms. The van der Waals surface area contributed by atoms with E-state index in [1.165, 1.54) is 11.3 Å². The molecule has 122 valence electrons. The number of esters is 1. The number of nitrogens with one attached hydrogen (secondary N) is 1. The molecule has 1 aromatic carbocycles. The first-order chi connectivity index (χ1) is 11.2. The fourth-order valence-corrected chi connectivity index (χ4v) is 2.35. The minimum atomic E-state index is -0.444. The van der Waals surface area contributed by atoms with Crippen molar-refractivity contribution in [3.8, 4) is 11.5 Å². The van der Waals surface area contributed by atoms with Crippen LogP contribution in [0.1, 0.15) is 23.0 Å². The first-order valence-corrected chi connectivity index (χ1v) is 7.69. The first-order valence-electron chi connectivity index (χ1n) is 6.81. The lowest BCUT2D eigenvalue weighted by molar-refractivity contribution is 0.0520. The number of carbonyl (C=O) groups excluding carboxylic acids is 1. The highest BCUT2D eigenvalue weighted by Crippen LogP contribution is 2.26. The van der Waals surface area contributed by atoms with Crippen molar-refractivity contribution in [2.45, 2.75) is 6.92 Å². The number of hydrogen-bond donors (Lipinski definition) is 1. The SMILES string of the molecule is CCOC(=O)c1csc(N/N=C\c2ccc(OC)c(OC)c2)n1. The van der Waals surface area contributed by atoms with Crippen LogP contribution in [0.15, 0.2) is 28.7 Å². The summed E-state index contributed by atoms with van der Waals surface area (Å²) in [5, 5.41) is 6.21. The van der Waals surface area contributed by atoms with Gasteiger partial charge in [-0.1, -0.05) is 0 Å². The first kappa shape index (κ1) is 16.8. The molecular weight excluding hydrogens is 318 g/mol. The Morgan fingerprint density at radius 1 is 1.35 bits per heavy atom. The Bertz CT molecular complexity index is 700. The molecule has 0 fully saturated rings. The van der Waals surface area contributed by atoms with Gasteiger partial charge in [-0.3, -0.25) is 5.43 Å². The molecule has 1 heterocycles. The summed E-state index contributed by atoms with van der Waals surface area (Å²) in [6.07, 6.45) is 1.62. The van der Waals surface area contributed by atoms with E-state index in [-0.39, 0.29) is 5.69 Å². The zero-order chi connectivity index (χ0) is 16.7. The molecule has 1 aromatic heterocycles. The van der Waals surface area contributed by atoms with Crippen LogP contribution in [0.4, 0.5) is 5.13 Å². The minimum absolute atomic E-state index is 0.265. The molecule has 0 aliphatic heterocycles. The molecule has 8 heteroatoms. The number of rotatable bonds is 7. The van der Waals surface area contributed by atoms with Crippen LogP contribution in [0.2, 0.25) is 0 Å². The number of hydrogen-bond acceptors (Lipinski definition) is 8. The van der Waals surface area contributed by atoms with Crippen molar-refractivity contribution < 1.29 is 19.0 Å². The second-order valence-electron chi connectivity index (χ2n) is 4.24. The van der Waals surface area contributed by atoms with Crippen molar-refractivity contribution in [2.24, 2.45) is 5.10 Å². The predicted octanol–water partition coefficient (Wildman–Crippen LogP) is 2.78. The highest BCUT2D eigenvalue weighted by Gasteiger charge is 2.10. The van der Waals surface area contributed by atoms with Gasteiger partial charge < -0.3 is 14.2 Å². The van der Waals surface area contributed by atoms with Crippen LogP contribution in [-0.2, 0) is 4.74 Å². The molecule has 2 rings (SSSR count). The Labute approximate surface area is 137 Å². The summed E-state index contributed by atoms with van der Waals surface area (Å²) >= 11 is 1.27. The molecule has 7 nitrogen and oxygen atoms in total. The smallest absolute Gasteiger partial charge is 0.357 e. The van der Waals surface area contributed by atoms with Crippen molar-refractivity contribution in [2.75, 3.05) is 26.3 Å². The van der Waals surface area contributed by atoms with E-state index in [2.05, 4.69) is 15.5 Å². The van der Waals surface area contributed by atoms with Gasteiger partial charge in [-0.25, -0.2) is 9.78 Å². The van der Waals surface area contributed by atoms with Gasteiger partial charge >= 0.3 is 5.97 Å². The maximum absolute atomic E-state index is 11.5. The molecule has 0 saturated carbocycles. The summed E-state index contributed by atoms with van der Waals surface area (Å²) in [6.45, 7) is 2.06. The molecule has 0 aliphatic rings. The Morgan fingerprint density at radius 3 is 2.83 bits per heavy atom. The van der Waals surface area contributed by atoms with Crippen LogP contribution in [0.3, 0.4) is 0 Å². The van der Waals surface area contributed by atoms with Crippen molar-refractivity contribution in [3.63, 3.8) is 0 Å². The summed E-state index contributed by atoms with van der Waals surface area (Å²) in [5.74, 6) is 0.826. The van der Waals surface area contributed by atoms with Crippen LogP contribution in [-0.4, -0.2) is 38.0 Å². The molecule has 0 atom stereocenters. The van der Waals surface area contributed by atoms with Crippen molar-refractivity contribution >= 4 is 28.7 Å². The summed E-state index contributed by atoms with van der Waals surface area (Å²) in [7, 11) is 3.15. The number of carbonyl (C=O) groups is 1. The Morgan fingerprint density at radius 2 is 2.13 bits per heavy atom. The fraction of sp³-hybridized carbons (Fsp3) is 0.267. The van der Waals surface area contributed by atoms with E-state index in [9.17, 15) is 4.79 Å². The standard InChI is InChI=1S/C15H17N3O4S/c1-4-22-14(19)11-9-23-15(17-11)18-16-8-10-5-6-12(20-2)13(7-10)21-3/h5-9H,4H2,1-3H3,(H,17,18)/b16-8-. The molecule has 0 amide bonds. The Balaban J connectivity index is 2.00. The number of hydrazone groups is 1. The quantitative estimate of drug-likeness (QED) is 0.476. The third kappa shape index (κ3) is 4.43. The number of benzene rings is 1. The molecule has 2 aromatic rings. The minimum Gasteiger partial charge on any atom is -0.493 e. The van der Waals surface area contributed by atoms with Gasteiger partial charge in [0.2, 0.25) is 5.13 Å². The van der Waals surface area contributed by atoms with Gasteiger partial charge in [0.05, 0.1) is 27.0 Å². The molecule has 0 radical (unpaired) electrons. The van der Waals surface area contributed by atoms with Crippen LogP contribution >= 0.6 is 11.3 Å². The summed E-state index contributed by atoms with van der Waals surface area (Å²) in [6, 6.07) is 5.44. The number of aromatic nitrogens is 1. The fourth-order valence-electron chi connectivity index (χ4n) is 1.72. The topological polar surface area (TPSA) is 82.0 Å². The van der Waals surface area contributed by atoms with Crippen LogP contribution in [0.5, 0.6) is 11.5 Å². The maximum Gasteiger partial charge on any atom is 0.357 e. The highest BCUT2D eigenvalue weighted by atomic mass is 32.1. The van der Waals surface area contributed by atoms with Crippen LogP contribution < -0.4 is 14.9 Å². The van der Waals surface area contributed by atoms with E-state index in [0.29, 0.717) is 23.2 Å². The molecule has 1 N–H and O–H groups in total. The third-order valence-corrected chi connectivity index (χ3v) is 3.52. The van der Waals surface area contributed by atoms with E-state index >= 15 is 0 Å². The number of methoxy groups -OCH3 is 2. The van der Waals surface area contributed by atoms with Gasteiger partial charge in [-0.2, -0.15) is 5.10 Å². The lowest BCUT2D eigenvalue weighted by Gasteiger charge is -2.07. The highest BCUT2D eigenvalue weighted by molar-refractivity contribution is 7.13. The van der Waals surface area contributed by atoms with Gasteiger partial charge in [0.15, 0.2) is 17.2 Å². The van der Waals surface area contributed by atoms with Crippen molar-refractivity contribution in [1.82, 2.24) is 4.98 Å². The Hall–Kier alpha value is -2.61. The van der Waals surface area contributed by atoms with Crippen molar-refractivity contribution in [1.29, 1.82) is 0 Å². The predicted molar refractivity (Wildman–Crippen MR) is 88.8 cm³/mol.